The van der Waals surface area contributed by atoms with Gasteiger partial charge in [-0.3, -0.25) is 19.7 Å². The van der Waals surface area contributed by atoms with Gasteiger partial charge in [-0.25, -0.2) is 9.31 Å². The van der Waals surface area contributed by atoms with E-state index in [9.17, 15) is 22.8 Å². The molecule has 1 fully saturated rings. The lowest BCUT2D eigenvalue weighted by Crippen LogP contribution is -2.51. The van der Waals surface area contributed by atoms with Crippen molar-refractivity contribution in [2.45, 2.75) is 57.9 Å². The zero-order valence-electron chi connectivity index (χ0n) is 19.8. The van der Waals surface area contributed by atoms with Gasteiger partial charge in [0.1, 0.15) is 11.6 Å². The molecule has 10 nitrogen and oxygen atoms in total. The number of piperidine rings is 1. The first-order chi connectivity index (χ1) is 16.3. The number of likely N-dealkylation sites (tertiary alicyclic amines) is 1. The Morgan fingerprint density at radius 1 is 1.11 bits per heavy atom. The Balaban J connectivity index is 1.55. The summed E-state index contributed by atoms with van der Waals surface area (Å²) in [6, 6.07) is 2.23. The number of alkyl halides is 3. The fourth-order valence-corrected chi connectivity index (χ4v) is 3.94. The third-order valence-corrected chi connectivity index (χ3v) is 5.41. The number of aromatic nitrogens is 5. The van der Waals surface area contributed by atoms with Crippen molar-refractivity contribution in [3.05, 3.63) is 30.2 Å². The molecule has 1 saturated heterocycles. The molecule has 1 atom stereocenters. The van der Waals surface area contributed by atoms with Gasteiger partial charge in [0, 0.05) is 37.1 Å². The smallest absolute Gasteiger partial charge is 0.435 e. The van der Waals surface area contributed by atoms with E-state index in [-0.39, 0.29) is 17.1 Å². The molecule has 0 unspecified atom stereocenters. The van der Waals surface area contributed by atoms with Gasteiger partial charge in [-0.15, -0.1) is 5.10 Å². The Bertz CT molecular complexity index is 1260. The van der Waals surface area contributed by atoms with E-state index < -0.39 is 35.5 Å². The predicted octanol–water partition coefficient (Wildman–Crippen LogP) is 3.88. The number of carbonyl (C=O) groups excluding carboxylic acids is 2. The van der Waals surface area contributed by atoms with E-state index in [0.29, 0.717) is 18.6 Å². The van der Waals surface area contributed by atoms with Gasteiger partial charge >= 0.3 is 12.3 Å². The van der Waals surface area contributed by atoms with Crippen molar-refractivity contribution in [3.8, 4) is 11.1 Å². The fraction of sp³-hybridized carbons (Fsp3) is 0.500. The number of nitrogens with zero attached hydrogens (tertiary/aromatic N) is 6. The Kier molecular flexibility index (Phi) is 6.20. The molecule has 35 heavy (non-hydrogen) atoms. The van der Waals surface area contributed by atoms with Crippen LogP contribution < -0.4 is 5.32 Å². The van der Waals surface area contributed by atoms with Crippen molar-refractivity contribution in [3.63, 3.8) is 0 Å². The van der Waals surface area contributed by atoms with Crippen molar-refractivity contribution >= 4 is 23.6 Å². The van der Waals surface area contributed by atoms with Crippen LogP contribution in [0.1, 0.15) is 45.7 Å². The number of pyridine rings is 1. The fourth-order valence-electron chi connectivity index (χ4n) is 3.94. The largest absolute Gasteiger partial charge is 0.444 e. The third kappa shape index (κ3) is 5.38. The van der Waals surface area contributed by atoms with Crippen LogP contribution in [0.2, 0.25) is 0 Å². The number of halogens is 3. The van der Waals surface area contributed by atoms with Crippen LogP contribution in [0, 0.1) is 0 Å². The highest BCUT2D eigenvalue weighted by Gasteiger charge is 2.38. The minimum Gasteiger partial charge on any atom is -0.444 e. The minimum atomic E-state index is -4.62. The molecular formula is C22H26F3N7O3. The van der Waals surface area contributed by atoms with Crippen molar-refractivity contribution < 1.29 is 27.5 Å². The molecule has 0 aliphatic carbocycles. The van der Waals surface area contributed by atoms with Gasteiger partial charge in [-0.1, -0.05) is 0 Å². The number of anilines is 1. The number of hydrogen-bond donors (Lipinski definition) is 1. The average Bonchev–Trinajstić information content (AvgIpc) is 3.34. The summed E-state index contributed by atoms with van der Waals surface area (Å²) in [6.45, 7) is 5.65. The summed E-state index contributed by atoms with van der Waals surface area (Å²) < 4.78 is 47.9. The highest BCUT2D eigenvalue weighted by molar-refractivity contribution is 5.95. The Labute approximate surface area is 199 Å². The maximum Gasteiger partial charge on any atom is 0.435 e. The van der Waals surface area contributed by atoms with Gasteiger partial charge in [0.2, 0.25) is 11.9 Å². The van der Waals surface area contributed by atoms with Gasteiger partial charge in [-0.05, 0) is 52.2 Å². The van der Waals surface area contributed by atoms with Crippen LogP contribution in [0.4, 0.5) is 23.9 Å². The molecular weight excluding hydrogens is 467 g/mol. The third-order valence-electron chi connectivity index (χ3n) is 5.41. The van der Waals surface area contributed by atoms with E-state index in [1.54, 1.807) is 20.8 Å². The molecule has 4 rings (SSSR count). The summed E-state index contributed by atoms with van der Waals surface area (Å²) in [6.07, 6.45) is -0.535. The standard InChI is InChI=1S/C22H26F3N7O3/c1-21(2,3)35-20(34)31-10-6-5-7-15(31)18(33)27-19-26-16-9-8-13(11-32(16)29-19)14-12-30(4)28-17(14)22(23,24)25/h8-9,11-12,15H,5-7,10H2,1-4H3,(H,27,29,33)/t15-/m0/s1. The van der Waals surface area contributed by atoms with Crippen LogP contribution in [-0.4, -0.2) is 59.5 Å². The zero-order valence-corrected chi connectivity index (χ0v) is 19.8. The lowest BCUT2D eigenvalue weighted by molar-refractivity contribution is -0.141. The van der Waals surface area contributed by atoms with Gasteiger partial charge in [0.15, 0.2) is 11.3 Å². The van der Waals surface area contributed by atoms with Crippen molar-refractivity contribution in [1.29, 1.82) is 0 Å². The van der Waals surface area contributed by atoms with Gasteiger partial charge < -0.3 is 4.74 Å². The normalized spacial score (nSPS) is 17.0. The summed E-state index contributed by atoms with van der Waals surface area (Å²) in [5.74, 6) is -0.484. The number of hydrogen-bond acceptors (Lipinski definition) is 6. The van der Waals surface area contributed by atoms with E-state index in [1.807, 2.05) is 0 Å². The Hall–Kier alpha value is -3.64. The second kappa shape index (κ2) is 8.86. The summed E-state index contributed by atoms with van der Waals surface area (Å²) in [4.78, 5) is 31.2. The monoisotopic (exact) mass is 493 g/mol. The summed E-state index contributed by atoms with van der Waals surface area (Å²) in [5, 5.41) is 10.3. The minimum absolute atomic E-state index is 0.0240. The molecule has 0 aromatic carbocycles. The number of nitrogens with one attached hydrogen (secondary N) is 1. The lowest BCUT2D eigenvalue weighted by Gasteiger charge is -2.35. The highest BCUT2D eigenvalue weighted by atomic mass is 19.4. The van der Waals surface area contributed by atoms with Gasteiger partial charge in [0.25, 0.3) is 0 Å². The Morgan fingerprint density at radius 2 is 1.86 bits per heavy atom. The molecule has 13 heteroatoms. The predicted molar refractivity (Wildman–Crippen MR) is 119 cm³/mol. The molecule has 0 spiro atoms. The van der Waals surface area contributed by atoms with Crippen LogP contribution in [0.3, 0.4) is 0 Å². The summed E-state index contributed by atoms with van der Waals surface area (Å²) in [5.41, 5.74) is -1.24. The average molecular weight is 493 g/mol. The molecule has 188 valence electrons. The second-order valence-corrected chi connectivity index (χ2v) is 9.39. The lowest BCUT2D eigenvalue weighted by atomic mass is 10.0. The quantitative estimate of drug-likeness (QED) is 0.594. The topological polar surface area (TPSA) is 107 Å². The van der Waals surface area contributed by atoms with E-state index in [2.05, 4.69) is 20.5 Å². The molecule has 2 amide bonds. The van der Waals surface area contributed by atoms with Crippen LogP contribution in [-0.2, 0) is 22.8 Å². The van der Waals surface area contributed by atoms with E-state index in [4.69, 9.17) is 4.74 Å². The first kappa shape index (κ1) is 24.5. The molecule has 3 aromatic rings. The number of carbonyl (C=O) groups is 2. The molecule has 0 saturated carbocycles. The van der Waals surface area contributed by atoms with E-state index >= 15 is 0 Å². The van der Waals surface area contributed by atoms with Crippen molar-refractivity contribution in [1.82, 2.24) is 29.3 Å². The molecule has 0 radical (unpaired) electrons. The van der Waals surface area contributed by atoms with Crippen LogP contribution in [0.15, 0.2) is 24.5 Å². The number of fused-ring (bicyclic) bond motifs is 1. The maximum absolute atomic E-state index is 13.4. The summed E-state index contributed by atoms with van der Waals surface area (Å²) >= 11 is 0. The first-order valence-corrected chi connectivity index (χ1v) is 11.1. The molecule has 1 aliphatic rings. The Morgan fingerprint density at radius 3 is 2.54 bits per heavy atom. The number of amides is 2. The second-order valence-electron chi connectivity index (χ2n) is 9.39. The van der Waals surface area contributed by atoms with Gasteiger partial charge in [-0.2, -0.15) is 23.3 Å². The van der Waals surface area contributed by atoms with Crippen LogP contribution in [0.25, 0.3) is 16.8 Å². The van der Waals surface area contributed by atoms with Crippen LogP contribution >= 0.6 is 0 Å². The highest BCUT2D eigenvalue weighted by Crippen LogP contribution is 2.36. The number of rotatable bonds is 3. The molecule has 3 aromatic heterocycles. The van der Waals surface area contributed by atoms with E-state index in [1.165, 1.54) is 41.0 Å². The van der Waals surface area contributed by atoms with Crippen molar-refractivity contribution in [2.75, 3.05) is 11.9 Å². The summed E-state index contributed by atoms with van der Waals surface area (Å²) in [7, 11) is 1.41. The maximum atomic E-state index is 13.4. The number of aryl methyl sites for hydroxylation is 1. The van der Waals surface area contributed by atoms with Crippen LogP contribution in [0.5, 0.6) is 0 Å². The SMILES string of the molecule is Cn1cc(-c2ccc3nc(NC(=O)[C@@H]4CCCCN4C(=O)OC(C)(C)C)nn3c2)c(C(F)(F)F)n1. The molecule has 1 aliphatic heterocycles. The molecule has 0 bridgehead atoms. The zero-order chi connectivity index (χ0) is 25.5. The first-order valence-electron chi connectivity index (χ1n) is 11.1. The number of ether oxygens (including phenoxy) is 1. The van der Waals surface area contributed by atoms with E-state index in [0.717, 1.165) is 17.5 Å². The molecule has 4 heterocycles. The molecule has 1 N–H and O–H groups in total. The van der Waals surface area contributed by atoms with Crippen molar-refractivity contribution in [2.24, 2.45) is 7.05 Å². The van der Waals surface area contributed by atoms with Gasteiger partial charge in [0.05, 0.1) is 0 Å².